The highest BCUT2D eigenvalue weighted by Gasteiger charge is 2.26. The van der Waals surface area contributed by atoms with Gasteiger partial charge in [0.25, 0.3) is 0 Å². The third-order valence-corrected chi connectivity index (χ3v) is 6.34. The van der Waals surface area contributed by atoms with Crippen LogP contribution in [0.15, 0.2) is 42.7 Å². The minimum atomic E-state index is -0.679. The lowest BCUT2D eigenvalue weighted by Gasteiger charge is -2.26. The van der Waals surface area contributed by atoms with Crippen molar-refractivity contribution in [3.05, 3.63) is 54.1 Å². The Bertz CT molecular complexity index is 1510. The van der Waals surface area contributed by atoms with Crippen molar-refractivity contribution >= 4 is 23.9 Å². The number of nitrogens with zero attached hydrogens (tertiary/aromatic N) is 7. The summed E-state index contributed by atoms with van der Waals surface area (Å²) in [6.07, 6.45) is 3.47. The molecule has 0 saturated heterocycles. The summed E-state index contributed by atoms with van der Waals surface area (Å²) in [6.45, 7) is 21.2. The van der Waals surface area contributed by atoms with Gasteiger partial charge in [0.2, 0.25) is 0 Å². The quantitative estimate of drug-likeness (QED) is 0.170. The molecule has 3 aromatic heterocycles. The molecule has 0 N–H and O–H groups in total. The van der Waals surface area contributed by atoms with Gasteiger partial charge in [0.1, 0.15) is 22.4 Å². The number of hydrogen-bond donors (Lipinski definition) is 0. The summed E-state index contributed by atoms with van der Waals surface area (Å²) in [5.74, 6) is -0.878. The van der Waals surface area contributed by atoms with Crippen LogP contribution in [0.1, 0.15) is 94.5 Å². The summed E-state index contributed by atoms with van der Waals surface area (Å²) in [6, 6.07) is 8.94. The molecule has 3 aromatic rings. The molecule has 0 unspecified atom stereocenters. The van der Waals surface area contributed by atoms with Gasteiger partial charge in [0.15, 0.2) is 11.6 Å². The van der Waals surface area contributed by atoms with Crippen LogP contribution < -0.4 is 0 Å². The molecule has 3 rings (SSSR count). The van der Waals surface area contributed by atoms with E-state index in [1.54, 1.807) is 139 Å². The van der Waals surface area contributed by atoms with Crippen LogP contribution in [0.2, 0.25) is 0 Å². The SMILES string of the molecule is CC(C)(C)OC(=O)CN(CC(=O)OC(C)(C)C)Cc1ccn(-c2cccc(-n3ccc(CN(CC(=O)OC(C)(C)C)CC(=O)OC(C)(C)C)n3)n2)n1. The Morgan fingerprint density at radius 3 is 1.08 bits per heavy atom. The second kappa shape index (κ2) is 16.8. The molecule has 0 bridgehead atoms. The van der Waals surface area contributed by atoms with Crippen molar-refractivity contribution < 1.29 is 38.1 Å². The summed E-state index contributed by atoms with van der Waals surface area (Å²) in [7, 11) is 0. The van der Waals surface area contributed by atoms with Gasteiger partial charge in [-0.15, -0.1) is 0 Å². The van der Waals surface area contributed by atoms with Gasteiger partial charge in [-0.3, -0.25) is 29.0 Å². The Kier molecular flexibility index (Phi) is 13.5. The zero-order valence-electron chi connectivity index (χ0n) is 32.7. The van der Waals surface area contributed by atoms with Gasteiger partial charge < -0.3 is 18.9 Å². The molecule has 0 aliphatic carbocycles. The fourth-order valence-electron chi connectivity index (χ4n) is 4.83. The summed E-state index contributed by atoms with van der Waals surface area (Å²) < 4.78 is 25.1. The number of carbonyl (C=O) groups is 4. The van der Waals surface area contributed by atoms with Crippen LogP contribution >= 0.6 is 0 Å². The van der Waals surface area contributed by atoms with Gasteiger partial charge in [-0.25, -0.2) is 14.3 Å². The number of rotatable bonds is 14. The Morgan fingerprint density at radius 2 is 0.808 bits per heavy atom. The lowest BCUT2D eigenvalue weighted by Crippen LogP contribution is -2.39. The molecule has 15 heteroatoms. The molecule has 3 heterocycles. The number of pyridine rings is 1. The predicted octanol–water partition coefficient (Wildman–Crippen LogP) is 4.42. The first-order chi connectivity index (χ1) is 23.8. The largest absolute Gasteiger partial charge is 0.459 e. The molecule has 52 heavy (non-hydrogen) atoms. The molecule has 0 aliphatic heterocycles. The number of ether oxygens (including phenoxy) is 4. The Labute approximate surface area is 306 Å². The smallest absolute Gasteiger partial charge is 0.320 e. The number of hydrogen-bond acceptors (Lipinski definition) is 13. The van der Waals surface area contributed by atoms with Gasteiger partial charge >= 0.3 is 23.9 Å². The van der Waals surface area contributed by atoms with Crippen molar-refractivity contribution in [2.24, 2.45) is 0 Å². The minimum Gasteiger partial charge on any atom is -0.459 e. The van der Waals surface area contributed by atoms with E-state index in [9.17, 15) is 19.2 Å². The zero-order chi connectivity index (χ0) is 39.1. The Morgan fingerprint density at radius 1 is 0.519 bits per heavy atom. The fourth-order valence-corrected chi connectivity index (χ4v) is 4.83. The average Bonchev–Trinajstić information content (AvgIpc) is 3.58. The maximum Gasteiger partial charge on any atom is 0.320 e. The molecule has 0 atom stereocenters. The first-order valence-electron chi connectivity index (χ1n) is 17.2. The van der Waals surface area contributed by atoms with Gasteiger partial charge in [-0.2, -0.15) is 10.2 Å². The van der Waals surface area contributed by atoms with E-state index in [4.69, 9.17) is 23.9 Å². The fraction of sp³-hybridized carbons (Fsp3) is 0.595. The van der Waals surface area contributed by atoms with Crippen molar-refractivity contribution in [2.75, 3.05) is 26.2 Å². The van der Waals surface area contributed by atoms with Crippen molar-refractivity contribution in [3.8, 4) is 11.6 Å². The van der Waals surface area contributed by atoms with Crippen LogP contribution in [0.25, 0.3) is 11.6 Å². The lowest BCUT2D eigenvalue weighted by molar-refractivity contribution is -0.162. The van der Waals surface area contributed by atoms with Crippen molar-refractivity contribution in [2.45, 2.75) is 119 Å². The van der Waals surface area contributed by atoms with E-state index in [0.29, 0.717) is 23.0 Å². The second-order valence-electron chi connectivity index (χ2n) is 16.5. The van der Waals surface area contributed by atoms with E-state index >= 15 is 0 Å². The first kappa shape index (κ1) is 41.8. The highest BCUT2D eigenvalue weighted by Crippen LogP contribution is 2.16. The van der Waals surface area contributed by atoms with E-state index in [-0.39, 0.29) is 39.3 Å². The monoisotopic (exact) mass is 725 g/mol. The Balaban J connectivity index is 1.77. The van der Waals surface area contributed by atoms with E-state index in [0.717, 1.165) is 0 Å². The third kappa shape index (κ3) is 15.7. The van der Waals surface area contributed by atoms with Gasteiger partial charge in [-0.1, -0.05) is 6.07 Å². The molecule has 0 spiro atoms. The van der Waals surface area contributed by atoms with Crippen LogP contribution in [-0.2, 0) is 51.2 Å². The first-order valence-corrected chi connectivity index (χ1v) is 17.2. The molecule has 0 saturated carbocycles. The minimum absolute atomic E-state index is 0.133. The van der Waals surface area contributed by atoms with E-state index in [1.807, 2.05) is 6.07 Å². The lowest BCUT2D eigenvalue weighted by atomic mass is 10.2. The number of aromatic nitrogens is 5. The number of esters is 4. The van der Waals surface area contributed by atoms with Gasteiger partial charge in [0, 0.05) is 25.5 Å². The third-order valence-electron chi connectivity index (χ3n) is 6.34. The van der Waals surface area contributed by atoms with Gasteiger partial charge in [0.05, 0.1) is 37.6 Å². The van der Waals surface area contributed by atoms with E-state index in [1.165, 1.54) is 0 Å². The maximum atomic E-state index is 12.7. The van der Waals surface area contributed by atoms with Crippen molar-refractivity contribution in [3.63, 3.8) is 0 Å². The molecule has 15 nitrogen and oxygen atoms in total. The van der Waals surface area contributed by atoms with E-state index < -0.39 is 46.3 Å². The van der Waals surface area contributed by atoms with Crippen LogP contribution in [0.3, 0.4) is 0 Å². The molecular formula is C37H55N7O8. The van der Waals surface area contributed by atoms with Crippen LogP contribution in [0.5, 0.6) is 0 Å². The second-order valence-corrected chi connectivity index (χ2v) is 16.5. The van der Waals surface area contributed by atoms with Gasteiger partial charge in [-0.05, 0) is 107 Å². The number of carbonyl (C=O) groups excluding carboxylic acids is 4. The summed E-state index contributed by atoms with van der Waals surface area (Å²) in [5.41, 5.74) is -1.53. The van der Waals surface area contributed by atoms with E-state index in [2.05, 4.69) is 10.2 Å². The highest BCUT2D eigenvalue weighted by atomic mass is 16.6. The average molecular weight is 726 g/mol. The molecule has 0 amide bonds. The summed E-state index contributed by atoms with van der Waals surface area (Å²) in [5, 5.41) is 9.31. The molecule has 0 aliphatic rings. The highest BCUT2D eigenvalue weighted by molar-refractivity contribution is 5.76. The molecule has 0 fully saturated rings. The molecule has 286 valence electrons. The topological polar surface area (TPSA) is 160 Å². The normalized spacial score (nSPS) is 12.6. The van der Waals surface area contributed by atoms with Crippen LogP contribution in [0.4, 0.5) is 0 Å². The van der Waals surface area contributed by atoms with Crippen LogP contribution in [-0.4, -0.2) is 107 Å². The summed E-state index contributed by atoms with van der Waals surface area (Å²) >= 11 is 0. The zero-order valence-corrected chi connectivity index (χ0v) is 32.7. The predicted molar refractivity (Wildman–Crippen MR) is 192 cm³/mol. The van der Waals surface area contributed by atoms with Crippen LogP contribution in [0, 0.1) is 0 Å². The Hall–Kier alpha value is -4.63. The summed E-state index contributed by atoms with van der Waals surface area (Å²) in [4.78, 5) is 58.7. The molecule has 0 radical (unpaired) electrons. The molecule has 0 aromatic carbocycles. The molecular weight excluding hydrogens is 670 g/mol. The van der Waals surface area contributed by atoms with Crippen molar-refractivity contribution in [1.82, 2.24) is 34.3 Å². The maximum absolute atomic E-state index is 12.7. The standard InChI is InChI=1S/C37H55N7O8/c1-34(2,3)49-30(45)22-41(23-31(46)50-35(4,5)6)20-26-16-18-43(39-26)28-14-13-15-29(38-28)44-19-17-27(40-44)21-42(24-32(47)51-36(7,8)9)25-33(48)52-37(10,11)12/h13-19H,20-25H2,1-12H3. The van der Waals surface area contributed by atoms with Crippen molar-refractivity contribution in [1.29, 1.82) is 0 Å².